The molecule has 4 nitrogen and oxygen atoms in total. The van der Waals surface area contributed by atoms with Gasteiger partial charge in [-0.25, -0.2) is 4.79 Å². The monoisotopic (exact) mass is 488 g/mol. The van der Waals surface area contributed by atoms with Crippen molar-refractivity contribution in [3.05, 3.63) is 50.6 Å². The Morgan fingerprint density at radius 1 is 1.10 bits per heavy atom. The molecule has 1 fully saturated rings. The van der Waals surface area contributed by atoms with Crippen LogP contribution < -0.4 is 9.68 Å². The predicted octanol–water partition coefficient (Wildman–Crippen LogP) is 7.04. The van der Waals surface area contributed by atoms with Crippen LogP contribution in [0.25, 0.3) is 21.4 Å². The van der Waals surface area contributed by atoms with Gasteiger partial charge in [0.15, 0.2) is 5.58 Å². The summed E-state index contributed by atoms with van der Waals surface area (Å²) in [6.07, 6.45) is 3.83. The fourth-order valence-electron chi connectivity index (χ4n) is 4.25. The second-order valence-electron chi connectivity index (χ2n) is 9.09. The van der Waals surface area contributed by atoms with E-state index in [1.54, 1.807) is 12.1 Å². The number of carbonyl (C=O) groups excluding carboxylic acids is 1. The predicted molar refractivity (Wildman–Crippen MR) is 124 cm³/mol. The van der Waals surface area contributed by atoms with Crippen LogP contribution in [0.2, 0.25) is 0 Å². The Kier molecular flexibility index (Phi) is 5.90. The first-order valence-electron chi connectivity index (χ1n) is 10.3. The molecule has 30 heavy (non-hydrogen) atoms. The molecule has 0 atom stereocenters. The molecule has 0 unspecified atom stereocenters. The summed E-state index contributed by atoms with van der Waals surface area (Å²) in [6, 6.07) is 11.3. The fraction of sp³-hybridized carbons (Fsp3) is 0.417. The maximum Gasteiger partial charge on any atom is 0.396 e. The van der Waals surface area contributed by atoms with Gasteiger partial charge in [-0.1, -0.05) is 60.2 Å². The van der Waals surface area contributed by atoms with E-state index in [1.165, 1.54) is 0 Å². The number of halogens is 1. The quantitative estimate of drug-likeness (QED) is 0.293. The average molecular weight is 489 g/mol. The lowest BCUT2D eigenvalue weighted by atomic mass is 9.70. The summed E-state index contributed by atoms with van der Waals surface area (Å²) in [5, 5.41) is 0. The highest BCUT2D eigenvalue weighted by atomic mass is 79.9. The normalized spacial score (nSPS) is 19.7. The molecule has 1 aliphatic rings. The van der Waals surface area contributed by atoms with Gasteiger partial charge in [-0.2, -0.15) is 0 Å². The Labute approximate surface area is 188 Å². The third-order valence-corrected chi connectivity index (χ3v) is 7.37. The Hall–Kier alpha value is -1.92. The number of fused-ring (bicyclic) bond motifs is 1. The van der Waals surface area contributed by atoms with Gasteiger partial charge in [-0.05, 0) is 60.8 Å². The largest absolute Gasteiger partial charge is 0.426 e. The SMILES string of the molecule is CC(C)(C)C1CCC(C(=O)Oc2cc(-c3ccc(Br)cc3)c3oc(=O)sc3c2)CC1. The molecule has 0 spiro atoms. The van der Waals surface area contributed by atoms with Crippen molar-refractivity contribution < 1.29 is 13.9 Å². The van der Waals surface area contributed by atoms with E-state index in [0.717, 1.165) is 52.6 Å². The molecule has 4 rings (SSSR count). The molecule has 0 radical (unpaired) electrons. The third kappa shape index (κ3) is 4.54. The van der Waals surface area contributed by atoms with Crippen LogP contribution in [0, 0.1) is 17.3 Å². The molecule has 6 heteroatoms. The van der Waals surface area contributed by atoms with E-state index in [0.29, 0.717) is 22.0 Å². The highest BCUT2D eigenvalue weighted by molar-refractivity contribution is 9.10. The second kappa shape index (κ2) is 8.31. The molecule has 0 amide bonds. The number of carbonyl (C=O) groups is 1. The van der Waals surface area contributed by atoms with Gasteiger partial charge in [0.25, 0.3) is 0 Å². The van der Waals surface area contributed by atoms with Crippen molar-refractivity contribution in [2.45, 2.75) is 46.5 Å². The number of esters is 1. The van der Waals surface area contributed by atoms with Crippen molar-refractivity contribution in [1.29, 1.82) is 0 Å². The van der Waals surface area contributed by atoms with E-state index in [4.69, 9.17) is 9.15 Å². The molecule has 0 bridgehead atoms. The number of hydrogen-bond acceptors (Lipinski definition) is 5. The minimum absolute atomic E-state index is 0.0708. The molecule has 2 aromatic carbocycles. The first-order chi connectivity index (χ1) is 14.2. The summed E-state index contributed by atoms with van der Waals surface area (Å²) in [6.45, 7) is 6.81. The summed E-state index contributed by atoms with van der Waals surface area (Å²) in [4.78, 5) is 24.3. The lowest BCUT2D eigenvalue weighted by Crippen LogP contribution is -2.30. The molecule has 1 aromatic heterocycles. The molecular formula is C24H25BrO4S. The van der Waals surface area contributed by atoms with Crippen LogP contribution in [0.15, 0.2) is 50.1 Å². The highest BCUT2D eigenvalue weighted by Gasteiger charge is 2.33. The molecule has 1 heterocycles. The van der Waals surface area contributed by atoms with Crippen LogP contribution in [0.5, 0.6) is 5.75 Å². The summed E-state index contributed by atoms with van der Waals surface area (Å²) < 4.78 is 12.8. The molecule has 3 aromatic rings. The van der Waals surface area contributed by atoms with E-state index in [1.807, 2.05) is 24.3 Å². The lowest BCUT2D eigenvalue weighted by Gasteiger charge is -2.36. The molecule has 0 N–H and O–H groups in total. The Morgan fingerprint density at radius 3 is 2.40 bits per heavy atom. The van der Waals surface area contributed by atoms with Crippen LogP contribution in [-0.4, -0.2) is 5.97 Å². The van der Waals surface area contributed by atoms with E-state index < -0.39 is 0 Å². The smallest absolute Gasteiger partial charge is 0.396 e. The van der Waals surface area contributed by atoms with Gasteiger partial charge in [0, 0.05) is 16.1 Å². The van der Waals surface area contributed by atoms with Gasteiger partial charge in [0.05, 0.1) is 10.6 Å². The minimum atomic E-state index is -0.368. The molecule has 1 saturated carbocycles. The van der Waals surface area contributed by atoms with E-state index >= 15 is 0 Å². The maximum atomic E-state index is 12.8. The number of hydrogen-bond donors (Lipinski definition) is 0. The van der Waals surface area contributed by atoms with Crippen LogP contribution in [0.1, 0.15) is 46.5 Å². The van der Waals surface area contributed by atoms with Crippen LogP contribution in [-0.2, 0) is 4.79 Å². The Morgan fingerprint density at radius 2 is 1.77 bits per heavy atom. The zero-order valence-corrected chi connectivity index (χ0v) is 19.8. The minimum Gasteiger partial charge on any atom is -0.426 e. The van der Waals surface area contributed by atoms with Gasteiger partial charge >= 0.3 is 10.9 Å². The fourth-order valence-corrected chi connectivity index (χ4v) is 5.24. The van der Waals surface area contributed by atoms with Crippen molar-refractivity contribution >= 4 is 43.5 Å². The zero-order chi connectivity index (χ0) is 21.5. The molecule has 0 aliphatic heterocycles. The average Bonchev–Trinajstić information content (AvgIpc) is 3.07. The van der Waals surface area contributed by atoms with Crippen molar-refractivity contribution in [3.8, 4) is 16.9 Å². The van der Waals surface area contributed by atoms with Gasteiger partial charge < -0.3 is 9.15 Å². The van der Waals surface area contributed by atoms with Crippen molar-refractivity contribution in [2.24, 2.45) is 17.3 Å². The van der Waals surface area contributed by atoms with Gasteiger partial charge in [0.2, 0.25) is 0 Å². The van der Waals surface area contributed by atoms with Gasteiger partial charge in [-0.15, -0.1) is 0 Å². The Bertz CT molecular complexity index is 1110. The zero-order valence-electron chi connectivity index (χ0n) is 17.4. The van der Waals surface area contributed by atoms with Gasteiger partial charge in [-0.3, -0.25) is 4.79 Å². The summed E-state index contributed by atoms with van der Waals surface area (Å²) in [5.41, 5.74) is 2.45. The van der Waals surface area contributed by atoms with Crippen molar-refractivity contribution in [2.75, 3.05) is 0 Å². The van der Waals surface area contributed by atoms with E-state index in [2.05, 4.69) is 36.7 Å². The summed E-state index contributed by atoms with van der Waals surface area (Å²) in [5.74, 6) is 0.850. The molecular weight excluding hydrogens is 464 g/mol. The van der Waals surface area contributed by atoms with Crippen molar-refractivity contribution in [1.82, 2.24) is 0 Å². The van der Waals surface area contributed by atoms with E-state index in [9.17, 15) is 9.59 Å². The van der Waals surface area contributed by atoms with Crippen LogP contribution in [0.3, 0.4) is 0 Å². The molecule has 158 valence electrons. The number of benzene rings is 2. The van der Waals surface area contributed by atoms with Crippen LogP contribution >= 0.6 is 27.3 Å². The van der Waals surface area contributed by atoms with E-state index in [-0.39, 0.29) is 22.2 Å². The second-order valence-corrected chi connectivity index (χ2v) is 11.0. The van der Waals surface area contributed by atoms with Crippen LogP contribution in [0.4, 0.5) is 0 Å². The third-order valence-electron chi connectivity index (χ3n) is 6.07. The Balaban J connectivity index is 1.58. The summed E-state index contributed by atoms with van der Waals surface area (Å²) in [7, 11) is 0. The standard InChI is InChI=1S/C24H25BrO4S/c1-24(2,3)16-8-4-15(5-9-16)22(26)28-18-12-19(14-6-10-17(25)11-7-14)21-20(13-18)30-23(27)29-21/h6-7,10-13,15-16H,4-5,8-9H2,1-3H3. The van der Waals surface area contributed by atoms with Gasteiger partial charge in [0.1, 0.15) is 5.75 Å². The first-order valence-corrected chi connectivity index (χ1v) is 11.9. The summed E-state index contributed by atoms with van der Waals surface area (Å²) >= 11 is 4.46. The number of ether oxygens (including phenoxy) is 1. The molecule has 0 saturated heterocycles. The topological polar surface area (TPSA) is 56.5 Å². The maximum absolute atomic E-state index is 12.8. The lowest BCUT2D eigenvalue weighted by molar-refractivity contribution is -0.140. The molecule has 1 aliphatic carbocycles. The first kappa shape index (κ1) is 21.3. The van der Waals surface area contributed by atoms with Crippen molar-refractivity contribution in [3.63, 3.8) is 0 Å². The highest BCUT2D eigenvalue weighted by Crippen LogP contribution is 2.41. The number of rotatable bonds is 3.